The van der Waals surface area contributed by atoms with Crippen LogP contribution in [0.3, 0.4) is 0 Å². The average Bonchev–Trinajstić information content (AvgIpc) is 2.64. The fourth-order valence-electron chi connectivity index (χ4n) is 2.80. The number of hydroxylamine groups is 1. The zero-order chi connectivity index (χ0) is 17.0. The van der Waals surface area contributed by atoms with E-state index in [1.165, 1.54) is 32.1 Å². The topological polar surface area (TPSA) is 50.8 Å². The number of carbonyl (C=O) groups excluding carboxylic acids is 1. The van der Waals surface area contributed by atoms with Crippen LogP contribution in [0.25, 0.3) is 0 Å². The molecular weight excluding hydrogens is 324 g/mol. The van der Waals surface area contributed by atoms with Gasteiger partial charge in [-0.25, -0.2) is 0 Å². The maximum atomic E-state index is 10.4. The molecule has 1 N–H and O–H groups in total. The molecule has 2 rings (SSSR count). The number of hydrogen-bond acceptors (Lipinski definition) is 5. The lowest BCUT2D eigenvalue weighted by Gasteiger charge is -2.26. The minimum Gasteiger partial charge on any atom is -0.497 e. The van der Waals surface area contributed by atoms with Crippen molar-refractivity contribution in [2.24, 2.45) is 5.92 Å². The second-order valence-corrected chi connectivity index (χ2v) is 7.11. The molecule has 1 aromatic carbocycles. The minimum atomic E-state index is 0.663. The van der Waals surface area contributed by atoms with Crippen LogP contribution >= 0.6 is 11.9 Å². The molecule has 0 atom stereocenters. The van der Waals surface area contributed by atoms with Crippen molar-refractivity contribution in [1.29, 1.82) is 0 Å². The molecule has 1 aliphatic rings. The first kappa shape index (κ1) is 19.1. The molecule has 24 heavy (non-hydrogen) atoms. The first-order valence-electron chi connectivity index (χ1n) is 8.71. The summed E-state index contributed by atoms with van der Waals surface area (Å²) in [6, 6.07) is 7.97. The number of methoxy groups -OCH3 is 1. The van der Waals surface area contributed by atoms with Gasteiger partial charge in [0, 0.05) is 18.0 Å². The van der Waals surface area contributed by atoms with Gasteiger partial charge in [0.1, 0.15) is 5.75 Å². The van der Waals surface area contributed by atoms with E-state index < -0.39 is 0 Å². The summed E-state index contributed by atoms with van der Waals surface area (Å²) in [7, 11) is 1.67. The maximum absolute atomic E-state index is 10.4. The third-order valence-corrected chi connectivity index (χ3v) is 5.17. The first-order chi connectivity index (χ1) is 11.8. The normalized spacial score (nSPS) is 15.4. The number of nitrogens with zero attached hydrogens (tertiary/aromatic N) is 1. The van der Waals surface area contributed by atoms with E-state index in [1.807, 2.05) is 28.7 Å². The van der Waals surface area contributed by atoms with Crippen molar-refractivity contribution in [3.63, 3.8) is 0 Å². The van der Waals surface area contributed by atoms with Crippen LogP contribution in [0.15, 0.2) is 29.2 Å². The van der Waals surface area contributed by atoms with E-state index in [0.717, 1.165) is 36.6 Å². The summed E-state index contributed by atoms with van der Waals surface area (Å²) >= 11 is 1.59. The summed E-state index contributed by atoms with van der Waals surface area (Å²) < 4.78 is 7.14. The van der Waals surface area contributed by atoms with Crippen LogP contribution in [0, 0.1) is 5.92 Å². The third kappa shape index (κ3) is 7.11. The largest absolute Gasteiger partial charge is 0.497 e. The van der Waals surface area contributed by atoms with Crippen LogP contribution in [-0.4, -0.2) is 37.7 Å². The SMILES string of the molecule is COc1ccc(SN(CCCNC=O)OCC2CCCCC2)cc1. The molecule has 1 amide bonds. The zero-order valence-electron chi connectivity index (χ0n) is 14.4. The van der Waals surface area contributed by atoms with Gasteiger partial charge in [0.2, 0.25) is 6.41 Å². The molecule has 1 aliphatic carbocycles. The van der Waals surface area contributed by atoms with Gasteiger partial charge in [0.25, 0.3) is 0 Å². The van der Waals surface area contributed by atoms with Gasteiger partial charge in [-0.2, -0.15) is 0 Å². The van der Waals surface area contributed by atoms with Gasteiger partial charge in [-0.05, 0) is 61.4 Å². The summed E-state index contributed by atoms with van der Waals surface area (Å²) in [5, 5.41) is 2.70. The number of rotatable bonds is 11. The number of hydrogen-bond donors (Lipinski definition) is 1. The van der Waals surface area contributed by atoms with Crippen LogP contribution in [0.2, 0.25) is 0 Å². The fourth-order valence-corrected chi connectivity index (χ4v) is 3.63. The molecule has 1 saturated carbocycles. The van der Waals surface area contributed by atoms with E-state index in [2.05, 4.69) is 5.32 Å². The standard InChI is InChI=1S/C18H28N2O3S/c1-22-17-8-10-18(11-9-17)24-20(13-5-12-19-15-21)23-14-16-6-3-2-4-7-16/h8-11,15-16H,2-7,12-14H2,1H3,(H,19,21). The third-order valence-electron chi connectivity index (χ3n) is 4.19. The van der Waals surface area contributed by atoms with Crippen molar-refractivity contribution in [2.45, 2.75) is 43.4 Å². The van der Waals surface area contributed by atoms with Crippen LogP contribution < -0.4 is 10.1 Å². The number of carbonyl (C=O) groups is 1. The summed E-state index contributed by atoms with van der Waals surface area (Å²) in [5.74, 6) is 1.52. The monoisotopic (exact) mass is 352 g/mol. The summed E-state index contributed by atoms with van der Waals surface area (Å²) in [6.45, 7) is 2.21. The van der Waals surface area contributed by atoms with Crippen LogP contribution in [0.5, 0.6) is 5.75 Å². The molecule has 1 aromatic rings. The van der Waals surface area contributed by atoms with Gasteiger partial charge >= 0.3 is 0 Å². The van der Waals surface area contributed by atoms with Crippen molar-refractivity contribution in [3.8, 4) is 5.75 Å². The predicted octanol–water partition coefficient (Wildman–Crippen LogP) is 3.65. The van der Waals surface area contributed by atoms with Crippen molar-refractivity contribution >= 4 is 18.4 Å². The molecule has 0 unspecified atom stereocenters. The summed E-state index contributed by atoms with van der Waals surface area (Å²) in [6.07, 6.45) is 8.14. The molecule has 6 heteroatoms. The lowest BCUT2D eigenvalue weighted by Crippen LogP contribution is -2.25. The number of benzene rings is 1. The van der Waals surface area contributed by atoms with Gasteiger partial charge in [-0.15, -0.1) is 4.47 Å². The molecule has 0 spiro atoms. The quantitative estimate of drug-likeness (QED) is 0.285. The Morgan fingerprint density at radius 1 is 1.25 bits per heavy atom. The molecule has 0 heterocycles. The maximum Gasteiger partial charge on any atom is 0.207 e. The van der Waals surface area contributed by atoms with Gasteiger partial charge in [0.05, 0.1) is 13.7 Å². The van der Waals surface area contributed by atoms with E-state index in [-0.39, 0.29) is 0 Å². The van der Waals surface area contributed by atoms with Crippen LogP contribution in [-0.2, 0) is 9.63 Å². The molecule has 0 radical (unpaired) electrons. The highest BCUT2D eigenvalue weighted by Gasteiger charge is 2.16. The predicted molar refractivity (Wildman–Crippen MR) is 96.8 cm³/mol. The molecule has 5 nitrogen and oxygen atoms in total. The van der Waals surface area contributed by atoms with E-state index >= 15 is 0 Å². The second-order valence-electron chi connectivity index (χ2n) is 6.05. The van der Waals surface area contributed by atoms with Gasteiger partial charge in [-0.1, -0.05) is 19.3 Å². The zero-order valence-corrected chi connectivity index (χ0v) is 15.2. The Morgan fingerprint density at radius 2 is 2.00 bits per heavy atom. The van der Waals surface area contributed by atoms with E-state index in [9.17, 15) is 4.79 Å². The van der Waals surface area contributed by atoms with Gasteiger partial charge < -0.3 is 10.1 Å². The molecule has 134 valence electrons. The molecule has 0 saturated heterocycles. The fraction of sp³-hybridized carbons (Fsp3) is 0.611. The Bertz CT molecular complexity index is 464. The van der Waals surface area contributed by atoms with Crippen LogP contribution in [0.4, 0.5) is 0 Å². The van der Waals surface area contributed by atoms with Crippen LogP contribution in [0.1, 0.15) is 38.5 Å². The van der Waals surface area contributed by atoms with Crippen molar-refractivity contribution in [1.82, 2.24) is 9.79 Å². The Balaban J connectivity index is 1.83. The summed E-state index contributed by atoms with van der Waals surface area (Å²) in [4.78, 5) is 17.5. The number of ether oxygens (including phenoxy) is 1. The Labute approximate surface area is 149 Å². The average molecular weight is 353 g/mol. The highest BCUT2D eigenvalue weighted by atomic mass is 32.2. The second kappa shape index (κ2) is 11.3. The Morgan fingerprint density at radius 3 is 2.67 bits per heavy atom. The molecule has 0 aromatic heterocycles. The first-order valence-corrected chi connectivity index (χ1v) is 9.48. The molecular formula is C18H28N2O3S. The van der Waals surface area contributed by atoms with Crippen molar-refractivity contribution in [2.75, 3.05) is 26.8 Å². The van der Waals surface area contributed by atoms with Gasteiger partial charge in [0.15, 0.2) is 0 Å². The highest BCUT2D eigenvalue weighted by molar-refractivity contribution is 7.96. The number of amides is 1. The Hall–Kier alpha value is -1.24. The molecule has 0 bridgehead atoms. The van der Waals surface area contributed by atoms with E-state index in [0.29, 0.717) is 12.5 Å². The lowest BCUT2D eigenvalue weighted by atomic mass is 9.90. The molecule has 1 fully saturated rings. The molecule has 0 aliphatic heterocycles. The highest BCUT2D eigenvalue weighted by Crippen LogP contribution is 2.28. The summed E-state index contributed by atoms with van der Waals surface area (Å²) in [5.41, 5.74) is 0. The number of nitrogens with one attached hydrogen (secondary N) is 1. The minimum absolute atomic E-state index is 0.663. The lowest BCUT2D eigenvalue weighted by molar-refractivity contribution is -0.110. The van der Waals surface area contributed by atoms with E-state index in [1.54, 1.807) is 19.1 Å². The smallest absolute Gasteiger partial charge is 0.207 e. The van der Waals surface area contributed by atoms with Crippen molar-refractivity contribution < 1.29 is 14.4 Å². The van der Waals surface area contributed by atoms with Gasteiger partial charge in [-0.3, -0.25) is 9.63 Å². The van der Waals surface area contributed by atoms with E-state index in [4.69, 9.17) is 9.57 Å². The van der Waals surface area contributed by atoms with Crippen molar-refractivity contribution in [3.05, 3.63) is 24.3 Å². The Kier molecular flexibility index (Phi) is 9.02.